The molecular weight excluding hydrogens is 605 g/mol. The molecule has 0 spiro atoms. The highest BCUT2D eigenvalue weighted by atomic mass is 35.5. The molecule has 12 heteroatoms. The van der Waals surface area contributed by atoms with Gasteiger partial charge in [-0.2, -0.15) is 5.10 Å². The standard InChI is InChI=1S/C32H31Cl2N5O5/c1-5-44-31(42)32(2)17-39(18-32)16-19-12-13-24(37-29(19)43-4)22-10-6-8-20(26(22)33)21-9-7-11-25(27(21)34)36-28(40)23-14-15-35-38(3)30(23)41/h6-15H,5,16-18H2,1-4H3,(H,36,40). The first-order valence-electron chi connectivity index (χ1n) is 13.9. The maximum absolute atomic E-state index is 12.9. The summed E-state index contributed by atoms with van der Waals surface area (Å²) < 4.78 is 11.9. The summed E-state index contributed by atoms with van der Waals surface area (Å²) in [5, 5.41) is 7.24. The molecule has 1 saturated heterocycles. The van der Waals surface area contributed by atoms with Gasteiger partial charge >= 0.3 is 5.97 Å². The van der Waals surface area contributed by atoms with E-state index >= 15 is 0 Å². The highest BCUT2D eigenvalue weighted by molar-refractivity contribution is 6.39. The molecule has 1 N–H and O–H groups in total. The minimum Gasteiger partial charge on any atom is -0.481 e. The molecule has 1 fully saturated rings. The number of ether oxygens (including phenoxy) is 2. The molecule has 0 atom stereocenters. The van der Waals surface area contributed by atoms with E-state index in [0.29, 0.717) is 65.2 Å². The maximum Gasteiger partial charge on any atom is 0.314 e. The van der Waals surface area contributed by atoms with Crippen molar-refractivity contribution in [1.29, 1.82) is 0 Å². The second-order valence-corrected chi connectivity index (χ2v) is 11.5. The minimum absolute atomic E-state index is 0.0606. The average molecular weight is 637 g/mol. The van der Waals surface area contributed by atoms with Crippen LogP contribution in [0.25, 0.3) is 22.4 Å². The molecule has 2 aromatic carbocycles. The lowest BCUT2D eigenvalue weighted by molar-refractivity contribution is -0.165. The van der Waals surface area contributed by atoms with Crippen molar-refractivity contribution >= 4 is 40.8 Å². The van der Waals surface area contributed by atoms with E-state index in [4.69, 9.17) is 37.7 Å². The lowest BCUT2D eigenvalue weighted by atomic mass is 9.82. The van der Waals surface area contributed by atoms with Crippen molar-refractivity contribution in [2.75, 3.05) is 32.1 Å². The number of pyridine rings is 1. The van der Waals surface area contributed by atoms with E-state index in [1.54, 1.807) is 32.2 Å². The summed E-state index contributed by atoms with van der Waals surface area (Å²) in [5.41, 5.74) is 2.59. The number of aryl methyl sites for hydroxylation is 1. The normalized spacial score (nSPS) is 14.0. The zero-order valence-electron chi connectivity index (χ0n) is 24.7. The van der Waals surface area contributed by atoms with E-state index in [2.05, 4.69) is 15.3 Å². The van der Waals surface area contributed by atoms with E-state index in [-0.39, 0.29) is 16.6 Å². The predicted molar refractivity (Wildman–Crippen MR) is 169 cm³/mol. The van der Waals surface area contributed by atoms with Crippen LogP contribution in [0.1, 0.15) is 29.8 Å². The first-order valence-corrected chi connectivity index (χ1v) is 14.7. The SMILES string of the molecule is CCOC(=O)C1(C)CN(Cc2ccc(-c3cccc(-c4cccc(NC(=O)c5ccnn(C)c5=O)c4Cl)c3Cl)nc2OC)C1. The number of esters is 1. The number of methoxy groups -OCH3 is 1. The van der Waals surface area contributed by atoms with Crippen molar-refractivity contribution in [3.05, 3.63) is 92.3 Å². The Morgan fingerprint density at radius 3 is 2.39 bits per heavy atom. The van der Waals surface area contributed by atoms with Crippen molar-refractivity contribution < 1.29 is 19.1 Å². The molecule has 0 aliphatic carbocycles. The van der Waals surface area contributed by atoms with Crippen LogP contribution in [0.5, 0.6) is 5.88 Å². The predicted octanol–water partition coefficient (Wildman–Crippen LogP) is 5.46. The van der Waals surface area contributed by atoms with Gasteiger partial charge in [-0.3, -0.25) is 19.3 Å². The van der Waals surface area contributed by atoms with Crippen LogP contribution in [0.4, 0.5) is 5.69 Å². The molecule has 0 saturated carbocycles. The Morgan fingerprint density at radius 2 is 1.68 bits per heavy atom. The number of hydrogen-bond acceptors (Lipinski definition) is 8. The minimum atomic E-state index is -0.605. The van der Waals surface area contributed by atoms with Crippen LogP contribution < -0.4 is 15.6 Å². The number of rotatable bonds is 9. The van der Waals surface area contributed by atoms with Crippen LogP contribution >= 0.6 is 23.2 Å². The Balaban J connectivity index is 1.39. The van der Waals surface area contributed by atoms with Crippen molar-refractivity contribution in [3.63, 3.8) is 0 Å². The molecule has 2 aromatic heterocycles. The smallest absolute Gasteiger partial charge is 0.314 e. The summed E-state index contributed by atoms with van der Waals surface area (Å²) in [6.07, 6.45) is 1.38. The topological polar surface area (TPSA) is 116 Å². The highest BCUT2D eigenvalue weighted by Crippen LogP contribution is 2.42. The fourth-order valence-corrected chi connectivity index (χ4v) is 5.89. The van der Waals surface area contributed by atoms with E-state index in [1.807, 2.05) is 37.3 Å². The molecule has 0 radical (unpaired) electrons. The van der Waals surface area contributed by atoms with Crippen LogP contribution in [0.15, 0.2) is 65.6 Å². The van der Waals surface area contributed by atoms with Crippen molar-refractivity contribution in [1.82, 2.24) is 19.7 Å². The number of carbonyl (C=O) groups excluding carboxylic acids is 2. The van der Waals surface area contributed by atoms with Gasteiger partial charge in [0.05, 0.1) is 40.6 Å². The number of halogens is 2. The highest BCUT2D eigenvalue weighted by Gasteiger charge is 2.46. The van der Waals surface area contributed by atoms with Crippen LogP contribution in [0.2, 0.25) is 10.0 Å². The monoisotopic (exact) mass is 635 g/mol. The Bertz CT molecular complexity index is 1800. The number of nitrogens with zero attached hydrogens (tertiary/aromatic N) is 4. The number of likely N-dealkylation sites (tertiary alicyclic amines) is 1. The van der Waals surface area contributed by atoms with Crippen LogP contribution in [0, 0.1) is 5.41 Å². The number of hydrogen-bond donors (Lipinski definition) is 1. The molecule has 1 aliphatic rings. The van der Waals surface area contributed by atoms with Crippen molar-refractivity contribution in [2.45, 2.75) is 20.4 Å². The zero-order chi connectivity index (χ0) is 31.6. The number of anilines is 1. The van der Waals surface area contributed by atoms with Gasteiger partial charge in [-0.25, -0.2) is 9.67 Å². The summed E-state index contributed by atoms with van der Waals surface area (Å²) in [7, 11) is 3.03. The zero-order valence-corrected chi connectivity index (χ0v) is 26.2. The molecule has 1 aliphatic heterocycles. The summed E-state index contributed by atoms with van der Waals surface area (Å²) >= 11 is 13.7. The lowest BCUT2D eigenvalue weighted by Crippen LogP contribution is -2.58. The average Bonchev–Trinajstić information content (AvgIpc) is 2.99. The van der Waals surface area contributed by atoms with Gasteiger partial charge in [-0.05, 0) is 32.0 Å². The van der Waals surface area contributed by atoms with Gasteiger partial charge in [0.1, 0.15) is 5.56 Å². The first-order chi connectivity index (χ1) is 21.1. The molecule has 10 nitrogen and oxygen atoms in total. The Kier molecular flexibility index (Phi) is 9.05. The van der Waals surface area contributed by atoms with Gasteiger partial charge in [0, 0.05) is 55.1 Å². The molecule has 228 valence electrons. The van der Waals surface area contributed by atoms with E-state index in [0.717, 1.165) is 10.2 Å². The Hall–Kier alpha value is -4.25. The van der Waals surface area contributed by atoms with E-state index in [1.165, 1.54) is 19.3 Å². The van der Waals surface area contributed by atoms with Gasteiger partial charge in [0.15, 0.2) is 0 Å². The van der Waals surface area contributed by atoms with Crippen molar-refractivity contribution in [2.24, 2.45) is 12.5 Å². The second-order valence-electron chi connectivity index (χ2n) is 10.8. The number of aromatic nitrogens is 3. The Labute approximate surface area is 264 Å². The molecular formula is C32H31Cl2N5O5. The fraction of sp³-hybridized carbons (Fsp3) is 0.281. The third-order valence-corrected chi connectivity index (χ3v) is 8.32. The third-order valence-electron chi connectivity index (χ3n) is 7.50. The summed E-state index contributed by atoms with van der Waals surface area (Å²) in [6.45, 7) is 5.82. The fourth-order valence-electron chi connectivity index (χ4n) is 5.29. The second kappa shape index (κ2) is 12.8. The summed E-state index contributed by atoms with van der Waals surface area (Å²) in [6, 6.07) is 15.9. The third kappa shape index (κ3) is 6.06. The number of carbonyl (C=O) groups is 2. The van der Waals surface area contributed by atoms with Gasteiger partial charge in [-0.1, -0.05) is 59.6 Å². The van der Waals surface area contributed by atoms with E-state index < -0.39 is 16.9 Å². The molecule has 0 unspecified atom stereocenters. The molecule has 3 heterocycles. The molecule has 5 rings (SSSR count). The molecule has 0 bridgehead atoms. The molecule has 44 heavy (non-hydrogen) atoms. The summed E-state index contributed by atoms with van der Waals surface area (Å²) in [5.74, 6) is -0.329. The first kappa shape index (κ1) is 31.2. The van der Waals surface area contributed by atoms with Gasteiger partial charge in [-0.15, -0.1) is 0 Å². The van der Waals surface area contributed by atoms with Gasteiger partial charge < -0.3 is 14.8 Å². The van der Waals surface area contributed by atoms with Gasteiger partial charge in [0.25, 0.3) is 11.5 Å². The Morgan fingerprint density at radius 1 is 1.00 bits per heavy atom. The molecule has 1 amide bonds. The van der Waals surface area contributed by atoms with Crippen LogP contribution in [0.3, 0.4) is 0 Å². The van der Waals surface area contributed by atoms with Gasteiger partial charge in [0.2, 0.25) is 5.88 Å². The largest absolute Gasteiger partial charge is 0.481 e. The van der Waals surface area contributed by atoms with Crippen LogP contribution in [-0.2, 0) is 23.1 Å². The quantitative estimate of drug-likeness (QED) is 0.241. The van der Waals surface area contributed by atoms with E-state index in [9.17, 15) is 14.4 Å². The maximum atomic E-state index is 12.9. The number of amides is 1. The molecule has 4 aromatic rings. The summed E-state index contributed by atoms with van der Waals surface area (Å²) in [4.78, 5) is 44.4. The van der Waals surface area contributed by atoms with Crippen LogP contribution in [-0.4, -0.2) is 58.3 Å². The lowest BCUT2D eigenvalue weighted by Gasteiger charge is -2.45. The number of benzene rings is 2. The van der Waals surface area contributed by atoms with Crippen molar-refractivity contribution in [3.8, 4) is 28.3 Å². The number of nitrogens with one attached hydrogen (secondary N) is 1.